The van der Waals surface area contributed by atoms with Crippen LogP contribution in [0.2, 0.25) is 0 Å². The molecule has 0 aromatic heterocycles. The van der Waals surface area contributed by atoms with Gasteiger partial charge in [0.05, 0.1) is 6.16 Å². The summed E-state index contributed by atoms with van der Waals surface area (Å²) >= 11 is 5.39. The van der Waals surface area contributed by atoms with Crippen LogP contribution < -0.4 is 5.30 Å². The maximum Gasteiger partial charge on any atom is 0.136 e. The Morgan fingerprint density at radius 3 is 2.33 bits per heavy atom. The molecule has 4 unspecified atom stereocenters. The Labute approximate surface area is 150 Å². The average Bonchev–Trinajstić information content (AvgIpc) is 2.63. The van der Waals surface area contributed by atoms with E-state index in [9.17, 15) is 4.79 Å². The van der Waals surface area contributed by atoms with Crippen LogP contribution in [0, 0.1) is 11.8 Å². The molecule has 1 saturated carbocycles. The average molecular weight is 355 g/mol. The Bertz CT molecular complexity index is 717. The van der Waals surface area contributed by atoms with Crippen LogP contribution in [0.1, 0.15) is 36.9 Å². The first-order valence-electron chi connectivity index (χ1n) is 8.92. The number of benzene rings is 2. The number of thiol groups is 1. The molecule has 1 aliphatic carbocycles. The van der Waals surface area contributed by atoms with Gasteiger partial charge in [-0.05, 0) is 37.0 Å². The summed E-state index contributed by atoms with van der Waals surface area (Å²) in [5.74, 6) is 1.30. The lowest BCUT2D eigenvalue weighted by molar-refractivity contribution is -0.126. The van der Waals surface area contributed by atoms with E-state index in [1.165, 1.54) is 17.3 Å². The zero-order chi connectivity index (χ0) is 16.6. The first-order chi connectivity index (χ1) is 11.7. The van der Waals surface area contributed by atoms with Crippen LogP contribution in [-0.2, 0) is 4.79 Å². The normalized spacial score (nSPS) is 33.0. The van der Waals surface area contributed by atoms with Crippen molar-refractivity contribution < 1.29 is 4.79 Å². The fourth-order valence-electron chi connectivity index (χ4n) is 4.66. The van der Waals surface area contributed by atoms with E-state index in [1.54, 1.807) is 0 Å². The second kappa shape index (κ2) is 6.65. The van der Waals surface area contributed by atoms with E-state index in [1.807, 2.05) is 0 Å². The predicted octanol–water partition coefficient (Wildman–Crippen LogP) is 5.30. The van der Waals surface area contributed by atoms with Crippen molar-refractivity contribution >= 4 is 29.8 Å². The summed E-state index contributed by atoms with van der Waals surface area (Å²) in [7, 11) is 0. The van der Waals surface area contributed by atoms with Gasteiger partial charge >= 0.3 is 0 Å². The predicted molar refractivity (Wildman–Crippen MR) is 106 cm³/mol. The number of rotatable bonds is 2. The molecule has 1 aliphatic heterocycles. The van der Waals surface area contributed by atoms with Crippen molar-refractivity contribution in [3.05, 3.63) is 66.2 Å². The summed E-state index contributed by atoms with van der Waals surface area (Å²) in [6, 6.07) is 21.6. The van der Waals surface area contributed by atoms with Gasteiger partial charge in [-0.3, -0.25) is 4.79 Å². The van der Waals surface area contributed by atoms with Crippen molar-refractivity contribution in [2.45, 2.75) is 31.3 Å². The van der Waals surface area contributed by atoms with Gasteiger partial charge in [0.2, 0.25) is 0 Å². The number of hydrogen-bond donors (Lipinski definition) is 1. The first-order valence-corrected chi connectivity index (χ1v) is 12.1. The number of fused-ring (bicyclic) bond motifs is 1. The highest BCUT2D eigenvalue weighted by Crippen LogP contribution is 2.78. The second-order valence-electron chi connectivity index (χ2n) is 7.23. The zero-order valence-corrected chi connectivity index (χ0v) is 15.6. The Morgan fingerprint density at radius 1 is 0.958 bits per heavy atom. The lowest BCUT2D eigenvalue weighted by atomic mass is 9.76. The molecule has 0 N–H and O–H groups in total. The monoisotopic (exact) mass is 355 g/mol. The number of hydrogen-bond acceptors (Lipinski definition) is 2. The van der Waals surface area contributed by atoms with Crippen LogP contribution in [0.5, 0.6) is 0 Å². The molecule has 2 aliphatic rings. The van der Waals surface area contributed by atoms with Crippen molar-refractivity contribution in [2.75, 3.05) is 6.16 Å². The molecule has 1 heterocycles. The van der Waals surface area contributed by atoms with Gasteiger partial charge in [0.15, 0.2) is 0 Å². The summed E-state index contributed by atoms with van der Waals surface area (Å²) < 4.78 is 0. The van der Waals surface area contributed by atoms with Gasteiger partial charge in [0.1, 0.15) is 23.2 Å². The summed E-state index contributed by atoms with van der Waals surface area (Å²) in [4.78, 5) is 12.5. The molecule has 0 radical (unpaired) electrons. The number of carbonyl (C=O) groups excluding carboxylic acids is 1. The molecule has 2 aromatic carbocycles. The standard InChI is InChI=1S/C21H24OPS/c22-20-13-7-10-17-15-23(24,18-11-5-2-6-12-18)21(14-19(17)20)16-8-3-1-4-9-16/h1-6,8-9,11-12,17,19,21,24H,7,10,13-15H2/q+1. The van der Waals surface area contributed by atoms with Gasteiger partial charge < -0.3 is 0 Å². The molecule has 24 heavy (non-hydrogen) atoms. The molecule has 1 saturated heterocycles. The Kier molecular flexibility index (Phi) is 4.54. The number of Topliss-reactive ketones (excluding diaryl/α,β-unsaturated/α-hetero) is 1. The summed E-state index contributed by atoms with van der Waals surface area (Å²) in [6.45, 7) is -1.62. The molecule has 0 amide bonds. The molecule has 0 spiro atoms. The molecular formula is C21H24OPS+. The highest BCUT2D eigenvalue weighted by molar-refractivity contribution is 8.55. The fraction of sp³-hybridized carbons (Fsp3) is 0.381. The Morgan fingerprint density at radius 2 is 1.62 bits per heavy atom. The van der Waals surface area contributed by atoms with Crippen LogP contribution >= 0.6 is 18.7 Å². The molecule has 4 atom stereocenters. The Hall–Kier alpha value is -1.11. The van der Waals surface area contributed by atoms with Crippen LogP contribution in [0.4, 0.5) is 0 Å². The molecule has 1 nitrogen and oxygen atoms in total. The summed E-state index contributed by atoms with van der Waals surface area (Å²) in [6.07, 6.45) is 5.15. The van der Waals surface area contributed by atoms with Crippen molar-refractivity contribution in [3.63, 3.8) is 0 Å². The minimum Gasteiger partial charge on any atom is -0.299 e. The largest absolute Gasteiger partial charge is 0.299 e. The topological polar surface area (TPSA) is 17.1 Å². The maximum absolute atomic E-state index is 12.5. The third-order valence-corrected chi connectivity index (χ3v) is 11.7. The van der Waals surface area contributed by atoms with E-state index in [0.717, 1.165) is 25.4 Å². The first kappa shape index (κ1) is 16.4. The third-order valence-electron chi connectivity index (χ3n) is 5.87. The highest BCUT2D eigenvalue weighted by Gasteiger charge is 2.55. The minimum absolute atomic E-state index is 0.257. The minimum atomic E-state index is -1.62. The lowest BCUT2D eigenvalue weighted by Gasteiger charge is -2.43. The van der Waals surface area contributed by atoms with Crippen molar-refractivity contribution in [2.24, 2.45) is 11.8 Å². The van der Waals surface area contributed by atoms with Crippen LogP contribution in [0.15, 0.2) is 60.7 Å². The SMILES string of the molecule is O=C1CCCC2C[P+](S)(c3ccccc3)C(c3ccccc3)CC12. The molecule has 124 valence electrons. The van der Waals surface area contributed by atoms with E-state index >= 15 is 0 Å². The zero-order valence-electron chi connectivity index (χ0n) is 13.8. The smallest absolute Gasteiger partial charge is 0.136 e. The van der Waals surface area contributed by atoms with Gasteiger partial charge in [-0.1, -0.05) is 48.5 Å². The number of carbonyl (C=O) groups is 1. The van der Waals surface area contributed by atoms with Gasteiger partial charge in [0.25, 0.3) is 0 Å². The molecular weight excluding hydrogens is 331 g/mol. The molecule has 2 fully saturated rings. The molecule has 0 bridgehead atoms. The van der Waals surface area contributed by atoms with Crippen LogP contribution in [-0.4, -0.2) is 11.9 Å². The molecule has 2 aromatic rings. The Balaban J connectivity index is 1.78. The lowest BCUT2D eigenvalue weighted by Crippen LogP contribution is -2.39. The maximum atomic E-state index is 12.5. The quantitative estimate of drug-likeness (QED) is 0.571. The van der Waals surface area contributed by atoms with E-state index in [4.69, 9.17) is 12.2 Å². The molecule has 4 rings (SSSR count). The van der Waals surface area contributed by atoms with Gasteiger partial charge in [-0.25, -0.2) is 0 Å². The van der Waals surface area contributed by atoms with Crippen LogP contribution in [0.3, 0.4) is 0 Å². The fourth-order valence-corrected chi connectivity index (χ4v) is 10.3. The number of ketones is 1. The van der Waals surface area contributed by atoms with Crippen molar-refractivity contribution in [1.82, 2.24) is 0 Å². The van der Waals surface area contributed by atoms with Crippen molar-refractivity contribution in [1.29, 1.82) is 0 Å². The van der Waals surface area contributed by atoms with E-state index in [2.05, 4.69) is 60.7 Å². The second-order valence-corrected chi connectivity index (χ2v) is 12.5. The van der Waals surface area contributed by atoms with E-state index in [0.29, 0.717) is 17.4 Å². The van der Waals surface area contributed by atoms with Gasteiger partial charge in [-0.15, -0.1) is 0 Å². The van der Waals surface area contributed by atoms with E-state index < -0.39 is 6.46 Å². The molecule has 3 heteroatoms. The van der Waals surface area contributed by atoms with Gasteiger partial charge in [-0.2, -0.15) is 0 Å². The summed E-state index contributed by atoms with van der Waals surface area (Å²) in [5.41, 5.74) is 1.76. The third kappa shape index (κ3) is 2.85. The van der Waals surface area contributed by atoms with E-state index in [-0.39, 0.29) is 5.92 Å². The summed E-state index contributed by atoms with van der Waals surface area (Å²) in [5, 5.41) is 1.40. The van der Waals surface area contributed by atoms with Crippen molar-refractivity contribution in [3.8, 4) is 0 Å². The van der Waals surface area contributed by atoms with Gasteiger partial charge in [0, 0.05) is 30.5 Å². The highest BCUT2D eigenvalue weighted by atomic mass is 32.7. The van der Waals surface area contributed by atoms with Crippen LogP contribution in [0.25, 0.3) is 0 Å².